The van der Waals surface area contributed by atoms with Crippen LogP contribution in [-0.4, -0.2) is 4.98 Å². The molecule has 2 aromatic rings. The Balaban J connectivity index is 2.04. The summed E-state index contributed by atoms with van der Waals surface area (Å²) in [7, 11) is 0. The lowest BCUT2D eigenvalue weighted by Crippen LogP contribution is -1.95. The van der Waals surface area contributed by atoms with Gasteiger partial charge in [-0.3, -0.25) is 0 Å². The van der Waals surface area contributed by atoms with Crippen molar-refractivity contribution in [3.8, 4) is 5.75 Å². The van der Waals surface area contributed by atoms with Crippen LogP contribution in [0.4, 0.5) is 4.39 Å². The van der Waals surface area contributed by atoms with Gasteiger partial charge >= 0.3 is 0 Å². The maximum atomic E-state index is 13.0. The molecule has 0 unspecified atom stereocenters. The zero-order valence-electron chi connectivity index (χ0n) is 8.54. The van der Waals surface area contributed by atoms with Crippen LogP contribution in [0.25, 0.3) is 0 Å². The van der Waals surface area contributed by atoms with E-state index >= 15 is 0 Å². The lowest BCUT2D eigenvalue weighted by molar-refractivity contribution is 0.303. The number of aromatic nitrogens is 1. The molecule has 1 heterocycles. The van der Waals surface area contributed by atoms with E-state index in [1.807, 2.05) is 12.3 Å². The molecule has 0 N–H and O–H groups in total. The number of rotatable bonds is 3. The smallest absolute Gasteiger partial charge is 0.140 e. The molecule has 0 radical (unpaired) electrons. The Morgan fingerprint density at radius 2 is 2.25 bits per heavy atom. The molecule has 0 saturated heterocycles. The minimum atomic E-state index is -0.320. The molecule has 0 aliphatic carbocycles. The molecule has 0 atom stereocenters. The van der Waals surface area contributed by atoms with E-state index in [4.69, 9.17) is 4.74 Å². The highest BCUT2D eigenvalue weighted by atomic mass is 79.9. The topological polar surface area (TPSA) is 22.1 Å². The predicted molar refractivity (Wildman–Crippen MR) is 65.3 cm³/mol. The largest absolute Gasteiger partial charge is 0.486 e. The molecule has 1 aromatic carbocycles. The first-order valence-electron chi connectivity index (χ1n) is 4.63. The Hall–Kier alpha value is -0.940. The standard InChI is InChI=1S/C11H9BrFNOS/c1-7-6-16-11(14-7)5-15-10-3-8(12)2-9(13)4-10/h2-4,6H,5H2,1H3. The van der Waals surface area contributed by atoms with Gasteiger partial charge in [0.1, 0.15) is 23.2 Å². The van der Waals surface area contributed by atoms with Crippen molar-refractivity contribution in [3.63, 3.8) is 0 Å². The van der Waals surface area contributed by atoms with Crippen LogP contribution in [0, 0.1) is 12.7 Å². The summed E-state index contributed by atoms with van der Waals surface area (Å²) in [5, 5.41) is 2.85. The van der Waals surface area contributed by atoms with Crippen LogP contribution >= 0.6 is 27.3 Å². The minimum Gasteiger partial charge on any atom is -0.486 e. The SMILES string of the molecule is Cc1csc(COc2cc(F)cc(Br)c2)n1. The molecule has 0 bridgehead atoms. The summed E-state index contributed by atoms with van der Waals surface area (Å²) in [5.74, 6) is 0.180. The van der Waals surface area contributed by atoms with Crippen molar-refractivity contribution in [2.45, 2.75) is 13.5 Å². The Kier molecular flexibility index (Phi) is 3.56. The Bertz CT molecular complexity index is 480. The molecule has 2 rings (SSSR count). The number of thiazole rings is 1. The minimum absolute atomic E-state index is 0.320. The van der Waals surface area contributed by atoms with Crippen molar-refractivity contribution >= 4 is 27.3 Å². The molecule has 2 nitrogen and oxygen atoms in total. The Labute approximate surface area is 105 Å². The fourth-order valence-electron chi connectivity index (χ4n) is 1.23. The van der Waals surface area contributed by atoms with E-state index in [-0.39, 0.29) is 5.82 Å². The van der Waals surface area contributed by atoms with Gasteiger partial charge in [-0.15, -0.1) is 11.3 Å². The summed E-state index contributed by atoms with van der Waals surface area (Å²) in [5.41, 5.74) is 0.976. The molecule has 0 aliphatic heterocycles. The third-order valence-corrected chi connectivity index (χ3v) is 3.26. The van der Waals surface area contributed by atoms with Crippen LogP contribution < -0.4 is 4.74 Å². The second-order valence-corrected chi connectivity index (χ2v) is 5.13. The van der Waals surface area contributed by atoms with Gasteiger partial charge in [-0.25, -0.2) is 9.37 Å². The normalized spacial score (nSPS) is 10.4. The van der Waals surface area contributed by atoms with Gasteiger partial charge in [0.05, 0.1) is 0 Å². The van der Waals surface area contributed by atoms with Gasteiger partial charge in [-0.1, -0.05) is 15.9 Å². The van der Waals surface area contributed by atoms with Crippen LogP contribution in [-0.2, 0) is 6.61 Å². The number of hydrogen-bond acceptors (Lipinski definition) is 3. The van der Waals surface area contributed by atoms with Crippen molar-refractivity contribution < 1.29 is 9.13 Å². The number of ether oxygens (including phenoxy) is 1. The zero-order chi connectivity index (χ0) is 11.5. The monoisotopic (exact) mass is 301 g/mol. The van der Waals surface area contributed by atoms with Crippen LogP contribution in [0.1, 0.15) is 10.7 Å². The summed E-state index contributed by atoms with van der Waals surface area (Å²) < 4.78 is 19.1. The maximum absolute atomic E-state index is 13.0. The highest BCUT2D eigenvalue weighted by Crippen LogP contribution is 2.22. The number of benzene rings is 1. The quantitative estimate of drug-likeness (QED) is 0.857. The summed E-state index contributed by atoms with van der Waals surface area (Å²) in [6.07, 6.45) is 0. The molecular weight excluding hydrogens is 293 g/mol. The van der Waals surface area contributed by atoms with E-state index in [9.17, 15) is 4.39 Å². The van der Waals surface area contributed by atoms with Gasteiger partial charge < -0.3 is 4.74 Å². The fraction of sp³-hybridized carbons (Fsp3) is 0.182. The molecular formula is C11H9BrFNOS. The molecule has 0 amide bonds. The summed E-state index contributed by atoms with van der Waals surface area (Å²) in [6, 6.07) is 4.47. The first-order chi connectivity index (χ1) is 7.63. The molecule has 84 valence electrons. The summed E-state index contributed by atoms with van der Waals surface area (Å²) in [6.45, 7) is 2.30. The van der Waals surface area contributed by atoms with Crippen molar-refractivity contribution in [1.82, 2.24) is 4.98 Å². The average Bonchev–Trinajstić information content (AvgIpc) is 2.60. The maximum Gasteiger partial charge on any atom is 0.140 e. The fourth-order valence-corrected chi connectivity index (χ4v) is 2.35. The first kappa shape index (κ1) is 11.5. The van der Waals surface area contributed by atoms with Gasteiger partial charge in [0.25, 0.3) is 0 Å². The number of halogens is 2. The van der Waals surface area contributed by atoms with E-state index in [1.165, 1.54) is 23.5 Å². The molecule has 0 saturated carbocycles. The third kappa shape index (κ3) is 3.02. The second-order valence-electron chi connectivity index (χ2n) is 3.28. The lowest BCUT2D eigenvalue weighted by Gasteiger charge is -2.04. The number of aryl methyl sites for hydroxylation is 1. The third-order valence-electron chi connectivity index (χ3n) is 1.86. The first-order valence-corrected chi connectivity index (χ1v) is 6.30. The van der Waals surface area contributed by atoms with Crippen LogP contribution in [0.2, 0.25) is 0 Å². The van der Waals surface area contributed by atoms with E-state index in [0.717, 1.165) is 10.7 Å². The predicted octanol–water partition coefficient (Wildman–Crippen LogP) is 3.93. The summed E-state index contributed by atoms with van der Waals surface area (Å²) in [4.78, 5) is 4.26. The van der Waals surface area contributed by atoms with E-state index in [0.29, 0.717) is 16.8 Å². The average molecular weight is 302 g/mol. The molecule has 0 spiro atoms. The van der Waals surface area contributed by atoms with E-state index in [1.54, 1.807) is 6.07 Å². The Morgan fingerprint density at radius 1 is 1.44 bits per heavy atom. The number of hydrogen-bond donors (Lipinski definition) is 0. The number of nitrogens with zero attached hydrogens (tertiary/aromatic N) is 1. The second kappa shape index (κ2) is 4.93. The van der Waals surface area contributed by atoms with E-state index < -0.39 is 0 Å². The highest BCUT2D eigenvalue weighted by Gasteiger charge is 2.02. The molecule has 16 heavy (non-hydrogen) atoms. The van der Waals surface area contributed by atoms with Crippen molar-refractivity contribution in [3.05, 3.63) is 44.6 Å². The van der Waals surface area contributed by atoms with Crippen LogP contribution in [0.3, 0.4) is 0 Å². The van der Waals surface area contributed by atoms with Gasteiger partial charge in [-0.2, -0.15) is 0 Å². The van der Waals surface area contributed by atoms with Gasteiger partial charge in [0.2, 0.25) is 0 Å². The van der Waals surface area contributed by atoms with Crippen molar-refractivity contribution in [2.24, 2.45) is 0 Å². The highest BCUT2D eigenvalue weighted by molar-refractivity contribution is 9.10. The summed E-state index contributed by atoms with van der Waals surface area (Å²) >= 11 is 4.75. The zero-order valence-corrected chi connectivity index (χ0v) is 10.9. The van der Waals surface area contributed by atoms with Gasteiger partial charge in [0, 0.05) is 21.6 Å². The van der Waals surface area contributed by atoms with Gasteiger partial charge in [0.15, 0.2) is 0 Å². The lowest BCUT2D eigenvalue weighted by atomic mass is 10.3. The molecule has 5 heteroatoms. The van der Waals surface area contributed by atoms with Crippen molar-refractivity contribution in [1.29, 1.82) is 0 Å². The van der Waals surface area contributed by atoms with Crippen LogP contribution in [0.5, 0.6) is 5.75 Å². The molecule has 1 aromatic heterocycles. The molecule has 0 aliphatic rings. The Morgan fingerprint density at radius 3 is 2.88 bits per heavy atom. The van der Waals surface area contributed by atoms with Crippen molar-refractivity contribution in [2.75, 3.05) is 0 Å². The van der Waals surface area contributed by atoms with Crippen LogP contribution in [0.15, 0.2) is 28.1 Å². The van der Waals surface area contributed by atoms with Gasteiger partial charge in [-0.05, 0) is 19.1 Å². The molecule has 0 fully saturated rings. The van der Waals surface area contributed by atoms with E-state index in [2.05, 4.69) is 20.9 Å².